The number of carbonyl (C=O) groups is 1. The van der Waals surface area contributed by atoms with E-state index in [-0.39, 0.29) is 29.9 Å². The Morgan fingerprint density at radius 3 is 2.90 bits per heavy atom. The quantitative estimate of drug-likeness (QED) is 0.761. The molecule has 0 unspecified atom stereocenters. The van der Waals surface area contributed by atoms with Crippen LogP contribution in [0.5, 0.6) is 0 Å². The van der Waals surface area contributed by atoms with Crippen molar-refractivity contribution in [2.24, 2.45) is 17.6 Å². The van der Waals surface area contributed by atoms with Gasteiger partial charge in [-0.3, -0.25) is 4.79 Å². The third-order valence-electron chi connectivity index (χ3n) is 4.05. The zero-order valence-electron chi connectivity index (χ0n) is 11.4. The van der Waals surface area contributed by atoms with Gasteiger partial charge in [-0.1, -0.05) is 18.6 Å². The molecular weight excluding hydrogens is 259 g/mol. The number of carbonyl (C=O) groups excluding carboxylic acids is 1. The van der Waals surface area contributed by atoms with Crippen LogP contribution in [0.1, 0.15) is 30.4 Å². The van der Waals surface area contributed by atoms with Crippen LogP contribution in [-0.4, -0.2) is 17.6 Å². The molecule has 20 heavy (non-hydrogen) atoms. The summed E-state index contributed by atoms with van der Waals surface area (Å²) in [5.41, 5.74) is 6.62. The summed E-state index contributed by atoms with van der Waals surface area (Å²) in [6, 6.07) is 4.60. The first-order chi connectivity index (χ1) is 9.65. The molecule has 0 aliphatic heterocycles. The largest absolute Gasteiger partial charge is 0.392 e. The lowest BCUT2D eigenvalue weighted by atomic mass is 9.95. The van der Waals surface area contributed by atoms with E-state index in [4.69, 9.17) is 10.8 Å². The number of aliphatic hydroxyl groups excluding tert-OH is 1. The maximum Gasteiger partial charge on any atom is 0.223 e. The fourth-order valence-corrected chi connectivity index (χ4v) is 2.81. The maximum absolute atomic E-state index is 13.5. The number of rotatable bonds is 5. The van der Waals surface area contributed by atoms with Gasteiger partial charge in [0, 0.05) is 18.0 Å². The molecule has 1 aliphatic rings. The lowest BCUT2D eigenvalue weighted by Gasteiger charge is -2.17. The molecule has 0 saturated heterocycles. The Kier molecular flexibility index (Phi) is 5.09. The van der Waals surface area contributed by atoms with Crippen LogP contribution in [0.2, 0.25) is 0 Å². The van der Waals surface area contributed by atoms with E-state index in [1.165, 1.54) is 12.1 Å². The molecule has 110 valence electrons. The van der Waals surface area contributed by atoms with E-state index in [0.717, 1.165) is 19.3 Å². The van der Waals surface area contributed by atoms with Crippen molar-refractivity contribution >= 4 is 5.91 Å². The molecule has 1 aromatic carbocycles. The monoisotopic (exact) mass is 280 g/mol. The summed E-state index contributed by atoms with van der Waals surface area (Å²) in [5.74, 6) is -0.186. The minimum Gasteiger partial charge on any atom is -0.392 e. The van der Waals surface area contributed by atoms with Gasteiger partial charge in [-0.2, -0.15) is 0 Å². The van der Waals surface area contributed by atoms with E-state index < -0.39 is 5.82 Å². The van der Waals surface area contributed by atoms with E-state index in [0.29, 0.717) is 18.7 Å². The fourth-order valence-electron chi connectivity index (χ4n) is 2.81. The van der Waals surface area contributed by atoms with Gasteiger partial charge in [0.1, 0.15) is 5.82 Å². The summed E-state index contributed by atoms with van der Waals surface area (Å²) in [6.45, 7) is 0.520. The summed E-state index contributed by atoms with van der Waals surface area (Å²) < 4.78 is 13.5. The second kappa shape index (κ2) is 6.81. The van der Waals surface area contributed by atoms with Gasteiger partial charge in [0.15, 0.2) is 0 Å². The first kappa shape index (κ1) is 14.9. The summed E-state index contributed by atoms with van der Waals surface area (Å²) >= 11 is 0. The highest BCUT2D eigenvalue weighted by Crippen LogP contribution is 2.31. The van der Waals surface area contributed by atoms with Gasteiger partial charge in [-0.15, -0.1) is 0 Å². The minimum absolute atomic E-state index is 0.00425. The van der Waals surface area contributed by atoms with Gasteiger partial charge in [0.25, 0.3) is 0 Å². The second-order valence-electron chi connectivity index (χ2n) is 5.33. The van der Waals surface area contributed by atoms with E-state index >= 15 is 0 Å². The lowest BCUT2D eigenvalue weighted by molar-refractivity contribution is -0.126. The number of hydrogen-bond donors (Lipinski definition) is 3. The predicted molar refractivity (Wildman–Crippen MR) is 74.1 cm³/mol. The Morgan fingerprint density at radius 1 is 1.45 bits per heavy atom. The molecule has 0 heterocycles. The van der Waals surface area contributed by atoms with E-state index in [2.05, 4.69) is 5.32 Å². The zero-order valence-corrected chi connectivity index (χ0v) is 11.4. The summed E-state index contributed by atoms with van der Waals surface area (Å²) in [7, 11) is 0. The van der Waals surface area contributed by atoms with Crippen LogP contribution in [0.4, 0.5) is 4.39 Å². The molecule has 1 fully saturated rings. The van der Waals surface area contributed by atoms with Crippen LogP contribution in [-0.2, 0) is 17.9 Å². The molecule has 0 spiro atoms. The van der Waals surface area contributed by atoms with Gasteiger partial charge < -0.3 is 16.2 Å². The fraction of sp³-hybridized carbons (Fsp3) is 0.533. The number of benzene rings is 1. The molecular formula is C15H21FN2O2. The van der Waals surface area contributed by atoms with Crippen LogP contribution in [0.25, 0.3) is 0 Å². The van der Waals surface area contributed by atoms with Crippen molar-refractivity contribution in [1.82, 2.24) is 5.32 Å². The Morgan fingerprint density at radius 2 is 2.25 bits per heavy atom. The zero-order chi connectivity index (χ0) is 14.5. The number of halogens is 1. The van der Waals surface area contributed by atoms with Crippen molar-refractivity contribution in [3.63, 3.8) is 0 Å². The summed E-state index contributed by atoms with van der Waals surface area (Å²) in [6.07, 6.45) is 2.93. The van der Waals surface area contributed by atoms with E-state index in [9.17, 15) is 9.18 Å². The van der Waals surface area contributed by atoms with Gasteiger partial charge in [0.05, 0.1) is 6.61 Å². The van der Waals surface area contributed by atoms with Crippen molar-refractivity contribution < 1.29 is 14.3 Å². The molecule has 5 heteroatoms. The van der Waals surface area contributed by atoms with Crippen LogP contribution in [0.15, 0.2) is 18.2 Å². The summed E-state index contributed by atoms with van der Waals surface area (Å²) in [5, 5.41) is 11.8. The minimum atomic E-state index is -0.444. The van der Waals surface area contributed by atoms with Gasteiger partial charge in [-0.25, -0.2) is 4.39 Å². The number of hydrogen-bond acceptors (Lipinski definition) is 3. The Hall–Kier alpha value is -1.46. The van der Waals surface area contributed by atoms with Crippen molar-refractivity contribution in [3.05, 3.63) is 35.1 Å². The summed E-state index contributed by atoms with van der Waals surface area (Å²) in [4.78, 5) is 12.1. The lowest BCUT2D eigenvalue weighted by Crippen LogP contribution is -2.34. The van der Waals surface area contributed by atoms with Gasteiger partial charge in [0.2, 0.25) is 5.91 Å². The van der Waals surface area contributed by atoms with Crippen molar-refractivity contribution in [2.75, 3.05) is 6.54 Å². The Bertz CT molecular complexity index is 479. The molecule has 1 amide bonds. The number of nitrogens with one attached hydrogen (secondary N) is 1. The molecule has 1 aliphatic carbocycles. The first-order valence-electron chi connectivity index (χ1n) is 7.01. The molecule has 0 aromatic heterocycles. The van der Waals surface area contributed by atoms with E-state index in [1.807, 2.05) is 0 Å². The molecule has 4 nitrogen and oxygen atoms in total. The predicted octanol–water partition coefficient (Wildman–Crippen LogP) is 1.31. The van der Waals surface area contributed by atoms with Crippen LogP contribution in [0.3, 0.4) is 0 Å². The number of aliphatic hydroxyl groups is 1. The maximum atomic E-state index is 13.5. The SMILES string of the molecule is NC[C@H]1CCC[C@H]1C(=O)NCc1ccc(CO)c(F)c1. The van der Waals surface area contributed by atoms with Crippen LogP contribution in [0, 0.1) is 17.7 Å². The smallest absolute Gasteiger partial charge is 0.223 e. The molecule has 4 N–H and O–H groups in total. The molecule has 1 saturated carbocycles. The van der Waals surface area contributed by atoms with Gasteiger partial charge >= 0.3 is 0 Å². The molecule has 0 bridgehead atoms. The third-order valence-corrected chi connectivity index (χ3v) is 4.05. The van der Waals surface area contributed by atoms with Crippen molar-refractivity contribution in [1.29, 1.82) is 0 Å². The average Bonchev–Trinajstić information content (AvgIpc) is 2.93. The normalized spacial score (nSPS) is 21.9. The molecule has 2 atom stereocenters. The first-order valence-corrected chi connectivity index (χ1v) is 7.01. The van der Waals surface area contributed by atoms with Gasteiger partial charge in [-0.05, 0) is 36.9 Å². The average molecular weight is 280 g/mol. The second-order valence-corrected chi connectivity index (χ2v) is 5.33. The number of nitrogens with two attached hydrogens (primary N) is 1. The molecule has 1 aromatic rings. The van der Waals surface area contributed by atoms with Crippen LogP contribution >= 0.6 is 0 Å². The highest BCUT2D eigenvalue weighted by atomic mass is 19.1. The standard InChI is InChI=1S/C15H21FN2O2/c16-14-6-10(4-5-12(14)9-19)8-18-15(20)13-3-1-2-11(13)7-17/h4-6,11,13,19H,1-3,7-9,17H2,(H,18,20)/t11-,13-/m1/s1. The highest BCUT2D eigenvalue weighted by molar-refractivity contribution is 5.79. The van der Waals surface area contributed by atoms with Crippen LogP contribution < -0.4 is 11.1 Å². The van der Waals surface area contributed by atoms with Crippen molar-refractivity contribution in [3.8, 4) is 0 Å². The van der Waals surface area contributed by atoms with E-state index in [1.54, 1.807) is 6.07 Å². The topological polar surface area (TPSA) is 75.4 Å². The van der Waals surface area contributed by atoms with Crippen molar-refractivity contribution in [2.45, 2.75) is 32.4 Å². The Labute approximate surface area is 118 Å². The number of amides is 1. The highest BCUT2D eigenvalue weighted by Gasteiger charge is 2.31. The third kappa shape index (κ3) is 3.35. The molecule has 0 radical (unpaired) electrons. The molecule has 2 rings (SSSR count). The Balaban J connectivity index is 1.91.